The topological polar surface area (TPSA) is 12.0 Å². The summed E-state index contributed by atoms with van der Waals surface area (Å²) >= 11 is 2.16. The van der Waals surface area contributed by atoms with Crippen LogP contribution in [0.15, 0.2) is 0 Å². The Morgan fingerprint density at radius 1 is 1.14 bits per heavy atom. The number of rotatable bonds is 4. The fourth-order valence-electron chi connectivity index (χ4n) is 2.37. The Kier molecular flexibility index (Phi) is 4.78. The number of nitrogens with one attached hydrogen (secondary N) is 1. The van der Waals surface area contributed by atoms with Crippen molar-refractivity contribution >= 4 is 11.8 Å². The highest BCUT2D eigenvalue weighted by molar-refractivity contribution is 8.00. The molecule has 0 aromatic rings. The molecule has 0 aromatic carbocycles. The van der Waals surface area contributed by atoms with E-state index in [0.717, 1.165) is 11.8 Å². The van der Waals surface area contributed by atoms with Crippen molar-refractivity contribution in [2.75, 3.05) is 12.3 Å². The average molecular weight is 215 g/mol. The fraction of sp³-hybridized carbons (Fsp3) is 1.00. The van der Waals surface area contributed by atoms with E-state index in [4.69, 9.17) is 0 Å². The Morgan fingerprint density at radius 2 is 1.71 bits per heavy atom. The van der Waals surface area contributed by atoms with Crippen molar-refractivity contribution in [3.05, 3.63) is 0 Å². The number of hydrogen-bond acceptors (Lipinski definition) is 2. The Morgan fingerprint density at radius 3 is 2.07 bits per heavy atom. The Hall–Kier alpha value is 0.310. The van der Waals surface area contributed by atoms with Crippen molar-refractivity contribution < 1.29 is 0 Å². The maximum absolute atomic E-state index is 3.76. The lowest BCUT2D eigenvalue weighted by Crippen LogP contribution is -2.47. The number of hydrogen-bond donors (Lipinski definition) is 1. The van der Waals surface area contributed by atoms with E-state index < -0.39 is 0 Å². The molecule has 0 atom stereocenters. The third-order valence-corrected chi connectivity index (χ3v) is 4.15. The van der Waals surface area contributed by atoms with Crippen LogP contribution in [0.4, 0.5) is 0 Å². The van der Waals surface area contributed by atoms with Crippen LogP contribution in [0.1, 0.15) is 47.0 Å². The highest BCUT2D eigenvalue weighted by Gasteiger charge is 2.33. The minimum atomic E-state index is 0.389. The summed E-state index contributed by atoms with van der Waals surface area (Å²) in [6.07, 6.45) is 3.97. The summed E-state index contributed by atoms with van der Waals surface area (Å²) in [5, 5.41) is 3.76. The Bertz CT molecular complexity index is 148. The maximum Gasteiger partial charge on any atom is 0.0650 e. The standard InChI is InChI=1S/C12H25NS/c1-10(2)8-12(9-11(3)4)13-6-5-7-14-12/h10-11,13H,5-9H2,1-4H3. The highest BCUT2D eigenvalue weighted by Crippen LogP contribution is 2.37. The summed E-state index contributed by atoms with van der Waals surface area (Å²) < 4.78 is 0. The zero-order valence-electron chi connectivity index (χ0n) is 10.1. The van der Waals surface area contributed by atoms with Gasteiger partial charge in [-0.15, -0.1) is 11.8 Å². The summed E-state index contributed by atoms with van der Waals surface area (Å²) in [4.78, 5) is 0.389. The third-order valence-electron chi connectivity index (χ3n) is 2.62. The zero-order chi connectivity index (χ0) is 10.6. The van der Waals surface area contributed by atoms with Gasteiger partial charge in [-0.25, -0.2) is 0 Å². The highest BCUT2D eigenvalue weighted by atomic mass is 32.2. The van der Waals surface area contributed by atoms with Gasteiger partial charge in [-0.2, -0.15) is 0 Å². The Balaban J connectivity index is 2.57. The van der Waals surface area contributed by atoms with Crippen molar-refractivity contribution in [2.45, 2.75) is 51.8 Å². The monoisotopic (exact) mass is 215 g/mol. The second-order valence-electron chi connectivity index (χ2n) is 5.32. The molecule has 1 rings (SSSR count). The van der Waals surface area contributed by atoms with Gasteiger partial charge in [0.1, 0.15) is 0 Å². The minimum absolute atomic E-state index is 0.389. The summed E-state index contributed by atoms with van der Waals surface area (Å²) in [5.74, 6) is 2.94. The SMILES string of the molecule is CC(C)CC1(CC(C)C)NCCCS1. The first-order valence-electron chi connectivity index (χ1n) is 5.93. The molecule has 84 valence electrons. The lowest BCUT2D eigenvalue weighted by molar-refractivity contribution is 0.319. The van der Waals surface area contributed by atoms with Crippen LogP contribution in [0, 0.1) is 11.8 Å². The van der Waals surface area contributed by atoms with Crippen LogP contribution >= 0.6 is 11.8 Å². The maximum atomic E-state index is 3.76. The largest absolute Gasteiger partial charge is 0.303 e. The molecule has 1 heterocycles. The molecule has 0 saturated carbocycles. The Labute approximate surface area is 93.4 Å². The van der Waals surface area contributed by atoms with Gasteiger partial charge in [0.2, 0.25) is 0 Å². The van der Waals surface area contributed by atoms with Crippen molar-refractivity contribution in [2.24, 2.45) is 11.8 Å². The van der Waals surface area contributed by atoms with Crippen LogP contribution in [-0.4, -0.2) is 17.2 Å². The lowest BCUT2D eigenvalue weighted by atomic mass is 9.94. The predicted molar refractivity (Wildman–Crippen MR) is 66.7 cm³/mol. The molecule has 0 spiro atoms. The van der Waals surface area contributed by atoms with Gasteiger partial charge < -0.3 is 5.32 Å². The van der Waals surface area contributed by atoms with Crippen LogP contribution in [0.5, 0.6) is 0 Å². The first-order chi connectivity index (χ1) is 6.54. The molecule has 14 heavy (non-hydrogen) atoms. The summed E-state index contributed by atoms with van der Waals surface area (Å²) in [7, 11) is 0. The van der Waals surface area contributed by atoms with Crippen LogP contribution < -0.4 is 5.32 Å². The van der Waals surface area contributed by atoms with Crippen molar-refractivity contribution in [3.8, 4) is 0 Å². The molecule has 1 nitrogen and oxygen atoms in total. The van der Waals surface area contributed by atoms with Gasteiger partial charge in [-0.1, -0.05) is 27.7 Å². The van der Waals surface area contributed by atoms with E-state index in [1.54, 1.807) is 0 Å². The smallest absolute Gasteiger partial charge is 0.0650 e. The summed E-state index contributed by atoms with van der Waals surface area (Å²) in [6, 6.07) is 0. The molecule has 1 saturated heterocycles. The molecule has 0 amide bonds. The molecular weight excluding hydrogens is 190 g/mol. The predicted octanol–water partition coefficient (Wildman–Crippen LogP) is 3.50. The first kappa shape index (κ1) is 12.4. The molecule has 1 N–H and O–H groups in total. The van der Waals surface area contributed by atoms with Gasteiger partial charge in [0, 0.05) is 0 Å². The van der Waals surface area contributed by atoms with Crippen molar-refractivity contribution in [1.82, 2.24) is 5.32 Å². The third kappa shape index (κ3) is 3.82. The van der Waals surface area contributed by atoms with Gasteiger partial charge in [-0.05, 0) is 43.4 Å². The van der Waals surface area contributed by atoms with Gasteiger partial charge in [0.15, 0.2) is 0 Å². The first-order valence-corrected chi connectivity index (χ1v) is 6.91. The second kappa shape index (κ2) is 5.41. The fourth-order valence-corrected chi connectivity index (χ4v) is 4.16. The average Bonchev–Trinajstić information content (AvgIpc) is 2.01. The van der Waals surface area contributed by atoms with Crippen molar-refractivity contribution in [3.63, 3.8) is 0 Å². The summed E-state index contributed by atoms with van der Waals surface area (Å²) in [5.41, 5.74) is 0. The molecule has 0 unspecified atom stereocenters. The molecule has 0 aromatic heterocycles. The van der Waals surface area contributed by atoms with Crippen LogP contribution in [0.2, 0.25) is 0 Å². The minimum Gasteiger partial charge on any atom is -0.303 e. The van der Waals surface area contributed by atoms with Gasteiger partial charge in [0.25, 0.3) is 0 Å². The van der Waals surface area contributed by atoms with Gasteiger partial charge >= 0.3 is 0 Å². The van der Waals surface area contributed by atoms with Crippen LogP contribution in [0.25, 0.3) is 0 Å². The molecule has 1 fully saturated rings. The van der Waals surface area contributed by atoms with E-state index in [1.807, 2.05) is 0 Å². The molecule has 2 heteroatoms. The van der Waals surface area contributed by atoms with Gasteiger partial charge in [0.05, 0.1) is 4.87 Å². The molecule has 0 radical (unpaired) electrons. The quantitative estimate of drug-likeness (QED) is 0.770. The zero-order valence-corrected chi connectivity index (χ0v) is 10.9. The van der Waals surface area contributed by atoms with E-state index in [0.29, 0.717) is 4.87 Å². The van der Waals surface area contributed by atoms with Crippen LogP contribution in [-0.2, 0) is 0 Å². The normalized spacial score (nSPS) is 21.9. The lowest BCUT2D eigenvalue weighted by Gasteiger charge is -2.40. The van der Waals surface area contributed by atoms with Crippen LogP contribution in [0.3, 0.4) is 0 Å². The summed E-state index contributed by atoms with van der Waals surface area (Å²) in [6.45, 7) is 10.5. The molecule has 1 aliphatic heterocycles. The van der Waals surface area contributed by atoms with E-state index in [-0.39, 0.29) is 0 Å². The molecule has 0 bridgehead atoms. The van der Waals surface area contributed by atoms with Gasteiger partial charge in [-0.3, -0.25) is 0 Å². The number of thioether (sulfide) groups is 1. The van der Waals surface area contributed by atoms with E-state index in [1.165, 1.54) is 31.6 Å². The van der Waals surface area contributed by atoms with E-state index in [9.17, 15) is 0 Å². The second-order valence-corrected chi connectivity index (χ2v) is 6.80. The van der Waals surface area contributed by atoms with Crippen molar-refractivity contribution in [1.29, 1.82) is 0 Å². The molecular formula is C12H25NS. The van der Waals surface area contributed by atoms with E-state index in [2.05, 4.69) is 44.8 Å². The molecule has 1 aliphatic rings. The van der Waals surface area contributed by atoms with E-state index >= 15 is 0 Å². The molecule has 0 aliphatic carbocycles.